The van der Waals surface area contributed by atoms with E-state index in [2.05, 4.69) is 21.4 Å². The highest BCUT2D eigenvalue weighted by atomic mass is 32.2. The lowest BCUT2D eigenvalue weighted by Crippen LogP contribution is -2.46. The second-order valence-corrected chi connectivity index (χ2v) is 9.36. The average molecular weight is 416 g/mol. The topological polar surface area (TPSA) is 111 Å². The van der Waals surface area contributed by atoms with E-state index in [1.807, 2.05) is 0 Å². The molecule has 3 aliphatic heterocycles. The number of sulfonamides is 1. The molecule has 2 bridgehead atoms. The second-order valence-electron chi connectivity index (χ2n) is 6.01. The summed E-state index contributed by atoms with van der Waals surface area (Å²) in [5, 5.41) is 1.50. The predicted octanol–water partition coefficient (Wildman–Crippen LogP) is 0.301. The molecule has 0 aliphatic carbocycles. The summed E-state index contributed by atoms with van der Waals surface area (Å²) in [5.74, 6) is -1.62. The van der Waals surface area contributed by atoms with Crippen LogP contribution in [0, 0.1) is 0 Å². The number of rotatable bonds is 5. The molecule has 0 aromatic carbocycles. The number of fused-ring (bicyclic) bond motifs is 1. The van der Waals surface area contributed by atoms with Crippen LogP contribution in [0.2, 0.25) is 0 Å². The van der Waals surface area contributed by atoms with E-state index < -0.39 is 57.8 Å². The largest absolute Gasteiger partial charge is 0.460 e. The van der Waals surface area contributed by atoms with Crippen molar-refractivity contribution < 1.29 is 40.7 Å². The molecule has 0 saturated carbocycles. The Morgan fingerprint density at radius 3 is 2.69 bits per heavy atom. The predicted molar refractivity (Wildman–Crippen MR) is 83.8 cm³/mol. The minimum atomic E-state index is -4.88. The van der Waals surface area contributed by atoms with E-state index in [4.69, 9.17) is 4.74 Å². The molecule has 5 unspecified atom stereocenters. The molecule has 3 rings (SSSR count). The standard InChI is InChI=1S/C13H15F3N2O6S2/c1-5(13(14,15)16)11(19)23-3-2-17-12(20)24-9-6-4-7-10(25-6)8(9)18-26(7,21)22/h6-10,18H,1-4H2,(H,17,20). The van der Waals surface area contributed by atoms with E-state index in [1.165, 1.54) is 11.8 Å². The third-order valence-corrected chi connectivity index (χ3v) is 8.17. The first-order valence-electron chi connectivity index (χ1n) is 7.55. The highest BCUT2D eigenvalue weighted by Crippen LogP contribution is 2.53. The van der Waals surface area contributed by atoms with Gasteiger partial charge in [-0.3, -0.25) is 0 Å². The van der Waals surface area contributed by atoms with E-state index in [0.717, 1.165) is 0 Å². The molecule has 0 aromatic rings. The van der Waals surface area contributed by atoms with Gasteiger partial charge < -0.3 is 14.8 Å². The monoisotopic (exact) mass is 416 g/mol. The van der Waals surface area contributed by atoms with Gasteiger partial charge in [0.25, 0.3) is 0 Å². The van der Waals surface area contributed by atoms with Gasteiger partial charge in [0.15, 0.2) is 0 Å². The Morgan fingerprint density at radius 1 is 1.35 bits per heavy atom. The molecule has 0 spiro atoms. The lowest BCUT2D eigenvalue weighted by Gasteiger charge is -2.24. The zero-order valence-electron chi connectivity index (χ0n) is 13.1. The molecule has 5 atom stereocenters. The zero-order valence-corrected chi connectivity index (χ0v) is 14.7. The highest BCUT2D eigenvalue weighted by molar-refractivity contribution is 8.03. The van der Waals surface area contributed by atoms with Crippen molar-refractivity contribution in [3.63, 3.8) is 0 Å². The number of amides is 1. The van der Waals surface area contributed by atoms with Gasteiger partial charge in [0.2, 0.25) is 10.0 Å². The molecular weight excluding hydrogens is 401 g/mol. The Labute approximate surface area is 150 Å². The van der Waals surface area contributed by atoms with Gasteiger partial charge in [-0.15, -0.1) is 11.8 Å². The van der Waals surface area contributed by atoms with Crippen molar-refractivity contribution in [1.82, 2.24) is 10.0 Å². The molecule has 26 heavy (non-hydrogen) atoms. The third-order valence-electron chi connectivity index (χ3n) is 4.37. The molecule has 3 fully saturated rings. The molecule has 13 heteroatoms. The van der Waals surface area contributed by atoms with Gasteiger partial charge >= 0.3 is 18.2 Å². The maximum Gasteiger partial charge on any atom is 0.422 e. The molecule has 146 valence electrons. The number of alkyl halides is 3. The summed E-state index contributed by atoms with van der Waals surface area (Å²) in [5.41, 5.74) is -1.64. The third kappa shape index (κ3) is 3.51. The minimum Gasteiger partial charge on any atom is -0.460 e. The number of thioether (sulfide) groups is 1. The maximum absolute atomic E-state index is 12.2. The number of ether oxygens (including phenoxy) is 2. The zero-order chi connectivity index (χ0) is 19.3. The smallest absolute Gasteiger partial charge is 0.422 e. The van der Waals surface area contributed by atoms with E-state index in [0.29, 0.717) is 6.42 Å². The first-order valence-corrected chi connectivity index (χ1v) is 10.0. The summed E-state index contributed by atoms with van der Waals surface area (Å²) in [6.45, 7) is 1.84. The van der Waals surface area contributed by atoms with E-state index in [9.17, 15) is 31.2 Å². The number of halogens is 3. The Bertz CT molecular complexity index is 741. The number of hydrogen-bond acceptors (Lipinski definition) is 7. The number of carbonyl (C=O) groups excluding carboxylic acids is 2. The number of esters is 1. The van der Waals surface area contributed by atoms with Crippen LogP contribution in [0.4, 0.5) is 18.0 Å². The van der Waals surface area contributed by atoms with Gasteiger partial charge in [0.1, 0.15) is 18.3 Å². The Morgan fingerprint density at radius 2 is 2.04 bits per heavy atom. The highest BCUT2D eigenvalue weighted by Gasteiger charge is 2.64. The van der Waals surface area contributed by atoms with Crippen LogP contribution in [0.1, 0.15) is 6.42 Å². The molecule has 3 heterocycles. The Balaban J connectivity index is 1.41. The van der Waals surface area contributed by atoms with Crippen molar-refractivity contribution in [3.8, 4) is 0 Å². The summed E-state index contributed by atoms with van der Waals surface area (Å²) in [4.78, 5) is 22.9. The first kappa shape index (κ1) is 19.3. The quantitative estimate of drug-likeness (QED) is 0.377. The molecule has 3 saturated heterocycles. The van der Waals surface area contributed by atoms with Crippen LogP contribution >= 0.6 is 11.8 Å². The number of hydrogen-bond donors (Lipinski definition) is 2. The van der Waals surface area contributed by atoms with Crippen molar-refractivity contribution in [2.75, 3.05) is 13.2 Å². The maximum atomic E-state index is 12.2. The van der Waals surface area contributed by atoms with Crippen LogP contribution in [-0.2, 0) is 24.3 Å². The van der Waals surface area contributed by atoms with Gasteiger partial charge in [0, 0.05) is 10.5 Å². The fourth-order valence-corrected chi connectivity index (χ4v) is 7.62. The van der Waals surface area contributed by atoms with Crippen molar-refractivity contribution in [2.24, 2.45) is 0 Å². The minimum absolute atomic E-state index is 0.126. The lowest BCUT2D eigenvalue weighted by molar-refractivity contribution is -0.150. The van der Waals surface area contributed by atoms with Crippen LogP contribution in [-0.4, -0.2) is 67.7 Å². The van der Waals surface area contributed by atoms with E-state index >= 15 is 0 Å². The van der Waals surface area contributed by atoms with Crippen molar-refractivity contribution in [2.45, 2.75) is 40.5 Å². The van der Waals surface area contributed by atoms with Crippen LogP contribution in [0.15, 0.2) is 12.2 Å². The van der Waals surface area contributed by atoms with Crippen molar-refractivity contribution in [3.05, 3.63) is 12.2 Å². The fraction of sp³-hybridized carbons (Fsp3) is 0.692. The summed E-state index contributed by atoms with van der Waals surface area (Å²) in [7, 11) is -3.39. The van der Waals surface area contributed by atoms with Gasteiger partial charge in [0.05, 0.1) is 17.8 Å². The van der Waals surface area contributed by atoms with Crippen molar-refractivity contribution >= 4 is 33.8 Å². The molecular formula is C13H15F3N2O6S2. The number of alkyl carbamates (subject to hydrolysis) is 1. The molecule has 0 aromatic heterocycles. The van der Waals surface area contributed by atoms with Gasteiger partial charge in [-0.2, -0.15) is 13.2 Å². The average Bonchev–Trinajstić information content (AvgIpc) is 3.14. The summed E-state index contributed by atoms with van der Waals surface area (Å²) in [6, 6.07) is -0.479. The Hall–Kier alpha value is -1.47. The summed E-state index contributed by atoms with van der Waals surface area (Å²) in [6.07, 6.45) is -5.96. The second kappa shape index (κ2) is 6.60. The summed E-state index contributed by atoms with van der Waals surface area (Å²) >= 11 is 1.47. The van der Waals surface area contributed by atoms with Gasteiger partial charge in [-0.05, 0) is 6.42 Å². The molecule has 3 aliphatic rings. The van der Waals surface area contributed by atoms with Gasteiger partial charge in [-0.25, -0.2) is 22.7 Å². The van der Waals surface area contributed by atoms with Crippen LogP contribution < -0.4 is 10.0 Å². The molecule has 0 radical (unpaired) electrons. The van der Waals surface area contributed by atoms with Crippen LogP contribution in [0.3, 0.4) is 0 Å². The Kier molecular flexibility index (Phi) is 4.90. The number of nitrogens with one attached hydrogen (secondary N) is 2. The van der Waals surface area contributed by atoms with Gasteiger partial charge in [-0.1, -0.05) is 6.58 Å². The van der Waals surface area contributed by atoms with Crippen LogP contribution in [0.25, 0.3) is 0 Å². The summed E-state index contributed by atoms with van der Waals surface area (Å²) < 4.78 is 72.6. The van der Waals surface area contributed by atoms with E-state index in [-0.39, 0.29) is 17.0 Å². The molecule has 1 amide bonds. The SMILES string of the molecule is C=C(C(=O)OCCNC(=O)OC1C2CC3C(S2)C1NS3(=O)=O)C(F)(F)F. The molecule has 8 nitrogen and oxygen atoms in total. The normalized spacial score (nSPS) is 33.7. The van der Waals surface area contributed by atoms with Crippen molar-refractivity contribution in [1.29, 1.82) is 0 Å². The fourth-order valence-electron chi connectivity index (χ4n) is 3.18. The number of carbonyl (C=O) groups is 2. The van der Waals surface area contributed by atoms with E-state index in [1.54, 1.807) is 0 Å². The first-order chi connectivity index (χ1) is 12.0. The lowest BCUT2D eigenvalue weighted by atomic mass is 9.93. The van der Waals surface area contributed by atoms with Crippen LogP contribution in [0.5, 0.6) is 0 Å². The molecule has 2 N–H and O–H groups in total.